The minimum Gasteiger partial charge on any atom is -0.396 e. The standard InChI is InChI=1S/C6H11BrOS/c1-3-5-9(2,7)6-4-8/h1,8H,4-6H2,2H3. The molecule has 54 valence electrons. The lowest BCUT2D eigenvalue weighted by Crippen LogP contribution is -2.02. The predicted octanol–water partition coefficient (Wildman–Crippen LogP) is 1.36. The van der Waals surface area contributed by atoms with Crippen molar-refractivity contribution in [3.63, 3.8) is 0 Å². The summed E-state index contributed by atoms with van der Waals surface area (Å²) in [7, 11) is -0.855. The monoisotopic (exact) mass is 210 g/mol. The lowest BCUT2D eigenvalue weighted by atomic mass is 10.8. The van der Waals surface area contributed by atoms with Crippen molar-refractivity contribution in [2.45, 2.75) is 0 Å². The average Bonchev–Trinajstić information content (AvgIpc) is 1.64. The van der Waals surface area contributed by atoms with Crippen LogP contribution in [-0.4, -0.2) is 29.5 Å². The normalized spacial score (nSPS) is 19.8. The molecular weight excluding hydrogens is 200 g/mol. The van der Waals surface area contributed by atoms with Gasteiger partial charge in [0.25, 0.3) is 0 Å². The number of aliphatic hydroxyl groups is 1. The van der Waals surface area contributed by atoms with Crippen molar-refractivity contribution in [1.29, 1.82) is 0 Å². The molecule has 0 aliphatic rings. The summed E-state index contributed by atoms with van der Waals surface area (Å²) in [5, 5.41) is 8.55. The molecule has 1 N–H and O–H groups in total. The van der Waals surface area contributed by atoms with Crippen molar-refractivity contribution in [3.8, 4) is 12.3 Å². The Morgan fingerprint density at radius 3 is 2.67 bits per heavy atom. The molecule has 1 unspecified atom stereocenters. The molecule has 0 amide bonds. The van der Waals surface area contributed by atoms with Gasteiger partial charge in [-0.15, -0.1) is 6.42 Å². The van der Waals surface area contributed by atoms with Gasteiger partial charge in [-0.2, -0.15) is 8.46 Å². The quantitative estimate of drug-likeness (QED) is 0.699. The van der Waals surface area contributed by atoms with Gasteiger partial charge in [0.15, 0.2) is 0 Å². The van der Waals surface area contributed by atoms with Crippen molar-refractivity contribution in [2.75, 3.05) is 24.4 Å². The maximum Gasteiger partial charge on any atom is 0.0514 e. The lowest BCUT2D eigenvalue weighted by molar-refractivity contribution is 0.322. The second-order valence-electron chi connectivity index (χ2n) is 1.93. The molecular formula is C6H11BrOS. The number of terminal acetylenes is 1. The Morgan fingerprint density at radius 1 is 1.78 bits per heavy atom. The van der Waals surface area contributed by atoms with Gasteiger partial charge in [-0.1, -0.05) is 5.92 Å². The van der Waals surface area contributed by atoms with E-state index in [0.29, 0.717) is 0 Å². The Hall–Kier alpha value is 0.350. The molecule has 0 radical (unpaired) electrons. The first-order valence-corrected chi connectivity index (χ1v) is 6.82. The maximum absolute atomic E-state index is 8.55. The summed E-state index contributed by atoms with van der Waals surface area (Å²) in [5.41, 5.74) is 0. The molecule has 0 heterocycles. The first kappa shape index (κ1) is 9.35. The zero-order valence-corrected chi connectivity index (χ0v) is 7.83. The van der Waals surface area contributed by atoms with E-state index in [4.69, 9.17) is 11.5 Å². The molecule has 0 saturated carbocycles. The second-order valence-corrected chi connectivity index (χ2v) is 9.62. The van der Waals surface area contributed by atoms with Gasteiger partial charge in [-0.25, -0.2) is 0 Å². The third-order valence-electron chi connectivity index (χ3n) is 0.901. The van der Waals surface area contributed by atoms with Crippen molar-refractivity contribution >= 4 is 23.3 Å². The highest BCUT2D eigenvalue weighted by molar-refractivity contribution is 9.58. The lowest BCUT2D eigenvalue weighted by Gasteiger charge is -2.24. The van der Waals surface area contributed by atoms with Gasteiger partial charge in [0.2, 0.25) is 0 Å². The van der Waals surface area contributed by atoms with E-state index in [1.807, 2.05) is 0 Å². The van der Waals surface area contributed by atoms with Crippen LogP contribution in [0.5, 0.6) is 0 Å². The summed E-state index contributed by atoms with van der Waals surface area (Å²) < 4.78 is 0. The first-order valence-electron chi connectivity index (χ1n) is 2.60. The summed E-state index contributed by atoms with van der Waals surface area (Å²) in [6, 6.07) is 0. The number of halogens is 1. The molecule has 0 bridgehead atoms. The van der Waals surface area contributed by atoms with Gasteiger partial charge in [-0.3, -0.25) is 0 Å². The van der Waals surface area contributed by atoms with E-state index in [0.717, 1.165) is 11.5 Å². The Labute approximate surface area is 65.4 Å². The van der Waals surface area contributed by atoms with Crippen LogP contribution in [0.3, 0.4) is 0 Å². The average molecular weight is 211 g/mol. The molecule has 0 spiro atoms. The van der Waals surface area contributed by atoms with Crippen LogP contribution in [0.4, 0.5) is 0 Å². The molecule has 0 aromatic carbocycles. The van der Waals surface area contributed by atoms with Crippen LogP contribution in [-0.2, 0) is 0 Å². The summed E-state index contributed by atoms with van der Waals surface area (Å²) in [5.74, 6) is 4.10. The van der Waals surface area contributed by atoms with Gasteiger partial charge < -0.3 is 5.11 Å². The second kappa shape index (κ2) is 4.21. The first-order chi connectivity index (χ1) is 4.12. The molecule has 0 aliphatic carbocycles. The predicted molar refractivity (Wildman–Crippen MR) is 48.1 cm³/mol. The highest BCUT2D eigenvalue weighted by Gasteiger charge is 2.10. The van der Waals surface area contributed by atoms with E-state index >= 15 is 0 Å². The van der Waals surface area contributed by atoms with Gasteiger partial charge in [0.1, 0.15) is 0 Å². The number of hydrogen-bond acceptors (Lipinski definition) is 1. The fourth-order valence-electron chi connectivity index (χ4n) is 0.436. The minimum atomic E-state index is -0.855. The Balaban J connectivity index is 3.59. The fraction of sp³-hybridized carbons (Fsp3) is 0.667. The number of aliphatic hydroxyl groups excluding tert-OH is 1. The summed E-state index contributed by atoms with van der Waals surface area (Å²) in [6.07, 6.45) is 7.16. The molecule has 0 saturated heterocycles. The Kier molecular flexibility index (Phi) is 4.37. The zero-order chi connectivity index (χ0) is 7.33. The molecule has 1 atom stereocenters. The fourth-order valence-corrected chi connectivity index (χ4v) is 2.14. The van der Waals surface area contributed by atoms with E-state index in [1.165, 1.54) is 0 Å². The molecule has 0 aromatic rings. The van der Waals surface area contributed by atoms with Gasteiger partial charge in [0.05, 0.1) is 6.61 Å². The summed E-state index contributed by atoms with van der Waals surface area (Å²) in [6.45, 7) is 0.221. The summed E-state index contributed by atoms with van der Waals surface area (Å²) >= 11 is 3.48. The van der Waals surface area contributed by atoms with Crippen molar-refractivity contribution in [3.05, 3.63) is 0 Å². The highest BCUT2D eigenvalue weighted by Crippen LogP contribution is 2.50. The van der Waals surface area contributed by atoms with Crippen LogP contribution >= 0.6 is 23.3 Å². The van der Waals surface area contributed by atoms with E-state index in [1.54, 1.807) is 0 Å². The SMILES string of the molecule is C#CCS(C)(Br)CCO. The third kappa shape index (κ3) is 4.83. The minimum absolute atomic E-state index is 0.221. The zero-order valence-electron chi connectivity index (χ0n) is 5.43. The molecule has 0 fully saturated rings. The van der Waals surface area contributed by atoms with Crippen LogP contribution in [0.25, 0.3) is 0 Å². The summed E-state index contributed by atoms with van der Waals surface area (Å²) in [4.78, 5) is 0. The van der Waals surface area contributed by atoms with Crippen LogP contribution in [0.1, 0.15) is 0 Å². The maximum atomic E-state index is 8.55. The largest absolute Gasteiger partial charge is 0.396 e. The van der Waals surface area contributed by atoms with Crippen LogP contribution in [0.2, 0.25) is 0 Å². The van der Waals surface area contributed by atoms with Gasteiger partial charge in [-0.05, 0) is 21.1 Å². The number of rotatable bonds is 3. The van der Waals surface area contributed by atoms with Crippen LogP contribution < -0.4 is 0 Å². The van der Waals surface area contributed by atoms with E-state index in [2.05, 4.69) is 27.0 Å². The smallest absolute Gasteiger partial charge is 0.0514 e. The topological polar surface area (TPSA) is 20.2 Å². The molecule has 0 aliphatic heterocycles. The Morgan fingerprint density at radius 2 is 2.33 bits per heavy atom. The Bertz CT molecular complexity index is 117. The van der Waals surface area contributed by atoms with Crippen molar-refractivity contribution in [1.82, 2.24) is 0 Å². The molecule has 0 aromatic heterocycles. The van der Waals surface area contributed by atoms with Crippen LogP contribution in [0, 0.1) is 12.3 Å². The molecule has 1 nitrogen and oxygen atoms in total. The van der Waals surface area contributed by atoms with E-state index in [-0.39, 0.29) is 6.61 Å². The van der Waals surface area contributed by atoms with Crippen molar-refractivity contribution < 1.29 is 5.11 Å². The van der Waals surface area contributed by atoms with E-state index in [9.17, 15) is 0 Å². The molecule has 3 heteroatoms. The highest BCUT2D eigenvalue weighted by atomic mass is 79.9. The van der Waals surface area contributed by atoms with E-state index < -0.39 is 8.46 Å². The molecule has 0 rings (SSSR count). The van der Waals surface area contributed by atoms with Crippen LogP contribution in [0.15, 0.2) is 0 Å². The van der Waals surface area contributed by atoms with Gasteiger partial charge in [0, 0.05) is 11.5 Å². The van der Waals surface area contributed by atoms with Crippen molar-refractivity contribution in [2.24, 2.45) is 0 Å². The third-order valence-corrected chi connectivity index (χ3v) is 4.36. The number of hydrogen-bond donors (Lipinski definition) is 1. The molecule has 9 heavy (non-hydrogen) atoms. The van der Waals surface area contributed by atoms with Gasteiger partial charge >= 0.3 is 0 Å².